The highest BCUT2D eigenvalue weighted by Crippen LogP contribution is 2.19. The van der Waals surface area contributed by atoms with Crippen molar-refractivity contribution in [3.05, 3.63) is 12.2 Å². The average Bonchev–Trinajstić information content (AvgIpc) is 2.31. The second-order valence-corrected chi connectivity index (χ2v) is 4.62. The zero-order valence-corrected chi connectivity index (χ0v) is 11.1. The number of allylic oxidation sites excluding steroid dienone is 2. The van der Waals surface area contributed by atoms with Gasteiger partial charge in [-0.3, -0.25) is 4.79 Å². The predicted octanol–water partition coefficient (Wildman–Crippen LogP) is 4.91. The van der Waals surface area contributed by atoms with Crippen LogP contribution in [0.15, 0.2) is 12.2 Å². The van der Waals surface area contributed by atoms with Crippen LogP contribution in [-0.4, -0.2) is 6.29 Å². The van der Waals surface area contributed by atoms with Crippen LogP contribution in [0.4, 0.5) is 0 Å². The van der Waals surface area contributed by atoms with Crippen LogP contribution >= 0.6 is 0 Å². The van der Waals surface area contributed by atoms with E-state index in [1.807, 2.05) is 6.08 Å². The van der Waals surface area contributed by atoms with E-state index in [2.05, 4.69) is 13.8 Å². The third kappa shape index (κ3) is 9.95. The van der Waals surface area contributed by atoms with Crippen molar-refractivity contribution < 1.29 is 4.79 Å². The highest BCUT2D eigenvalue weighted by molar-refractivity contribution is 5.64. The van der Waals surface area contributed by atoms with E-state index in [9.17, 15) is 4.79 Å². The van der Waals surface area contributed by atoms with Crippen LogP contribution in [0.25, 0.3) is 0 Å². The average molecular weight is 224 g/mol. The van der Waals surface area contributed by atoms with Gasteiger partial charge in [0, 0.05) is 0 Å². The molecule has 0 aromatic heterocycles. The van der Waals surface area contributed by atoms with Gasteiger partial charge in [-0.05, 0) is 24.8 Å². The third-order valence-electron chi connectivity index (χ3n) is 3.22. The molecule has 1 atom stereocenters. The summed E-state index contributed by atoms with van der Waals surface area (Å²) in [6, 6.07) is 0. The number of unbranched alkanes of at least 4 members (excludes halogenated alkanes) is 4. The largest absolute Gasteiger partial charge is 0.299 e. The minimum atomic E-state index is 0.858. The van der Waals surface area contributed by atoms with Crippen LogP contribution in [0.3, 0.4) is 0 Å². The molecule has 0 rings (SSSR count). The molecule has 0 saturated heterocycles. The summed E-state index contributed by atoms with van der Waals surface area (Å²) in [6.07, 6.45) is 16.3. The minimum Gasteiger partial charge on any atom is -0.299 e. The monoisotopic (exact) mass is 224 g/mol. The number of hydrogen-bond donors (Lipinski definition) is 0. The van der Waals surface area contributed by atoms with Gasteiger partial charge >= 0.3 is 0 Å². The zero-order chi connectivity index (χ0) is 12.1. The summed E-state index contributed by atoms with van der Waals surface area (Å²) in [4.78, 5) is 10.0. The van der Waals surface area contributed by atoms with E-state index in [1.165, 1.54) is 51.4 Å². The topological polar surface area (TPSA) is 17.1 Å². The van der Waals surface area contributed by atoms with Gasteiger partial charge in [-0.25, -0.2) is 0 Å². The van der Waals surface area contributed by atoms with Crippen molar-refractivity contribution in [2.24, 2.45) is 5.92 Å². The first-order valence-corrected chi connectivity index (χ1v) is 6.95. The van der Waals surface area contributed by atoms with Gasteiger partial charge < -0.3 is 0 Å². The molecule has 1 heteroatoms. The Kier molecular flexibility index (Phi) is 12.0. The van der Waals surface area contributed by atoms with Gasteiger partial charge in [-0.2, -0.15) is 0 Å². The number of aldehydes is 1. The Bertz CT molecular complexity index is 172. The number of carbonyl (C=O) groups excluding carboxylic acids is 1. The van der Waals surface area contributed by atoms with Crippen LogP contribution in [0.5, 0.6) is 0 Å². The van der Waals surface area contributed by atoms with Gasteiger partial charge in [0.25, 0.3) is 0 Å². The van der Waals surface area contributed by atoms with Crippen molar-refractivity contribution in [1.82, 2.24) is 0 Å². The second kappa shape index (κ2) is 12.5. The van der Waals surface area contributed by atoms with Gasteiger partial charge in [0.15, 0.2) is 0 Å². The van der Waals surface area contributed by atoms with Gasteiger partial charge in [0.05, 0.1) is 0 Å². The van der Waals surface area contributed by atoms with Crippen LogP contribution < -0.4 is 0 Å². The first-order chi connectivity index (χ1) is 7.85. The molecule has 0 radical (unpaired) electrons. The maximum Gasteiger partial charge on any atom is 0.142 e. The molecule has 1 unspecified atom stereocenters. The van der Waals surface area contributed by atoms with Crippen molar-refractivity contribution in [1.29, 1.82) is 0 Å². The number of hydrogen-bond acceptors (Lipinski definition) is 1. The molecule has 94 valence electrons. The zero-order valence-electron chi connectivity index (χ0n) is 11.1. The minimum absolute atomic E-state index is 0.858. The molecule has 0 aliphatic rings. The molecule has 0 aliphatic carbocycles. The van der Waals surface area contributed by atoms with Crippen molar-refractivity contribution in [3.63, 3.8) is 0 Å². The van der Waals surface area contributed by atoms with E-state index >= 15 is 0 Å². The molecule has 1 nitrogen and oxygen atoms in total. The van der Waals surface area contributed by atoms with E-state index in [1.54, 1.807) is 6.08 Å². The Hall–Kier alpha value is -0.590. The summed E-state index contributed by atoms with van der Waals surface area (Å²) in [5, 5.41) is 0. The summed E-state index contributed by atoms with van der Waals surface area (Å²) in [5.41, 5.74) is 0. The number of carbonyl (C=O) groups is 1. The Labute approximate surface area is 101 Å². The second-order valence-electron chi connectivity index (χ2n) is 4.62. The lowest BCUT2D eigenvalue weighted by Gasteiger charge is -2.12. The van der Waals surface area contributed by atoms with Gasteiger partial charge in [0.2, 0.25) is 0 Å². The first-order valence-electron chi connectivity index (χ1n) is 6.95. The molecule has 0 spiro atoms. The Morgan fingerprint density at radius 3 is 2.38 bits per heavy atom. The van der Waals surface area contributed by atoms with Gasteiger partial charge in [-0.1, -0.05) is 64.9 Å². The summed E-state index contributed by atoms with van der Waals surface area (Å²) >= 11 is 0. The van der Waals surface area contributed by atoms with Crippen LogP contribution in [0, 0.1) is 5.92 Å². The lowest BCUT2D eigenvalue weighted by atomic mass is 9.94. The molecule has 0 bridgehead atoms. The van der Waals surface area contributed by atoms with Gasteiger partial charge in [0.1, 0.15) is 6.29 Å². The molecular weight excluding hydrogens is 196 g/mol. The van der Waals surface area contributed by atoms with E-state index in [0.717, 1.165) is 18.6 Å². The van der Waals surface area contributed by atoms with Crippen molar-refractivity contribution >= 4 is 6.29 Å². The Morgan fingerprint density at radius 2 is 1.75 bits per heavy atom. The maximum atomic E-state index is 10.0. The molecule has 0 amide bonds. The fraction of sp³-hybridized carbons (Fsp3) is 0.800. The van der Waals surface area contributed by atoms with Crippen molar-refractivity contribution in [2.45, 2.75) is 71.6 Å². The molecular formula is C15H28O. The Morgan fingerprint density at radius 1 is 1.00 bits per heavy atom. The quantitative estimate of drug-likeness (QED) is 0.277. The summed E-state index contributed by atoms with van der Waals surface area (Å²) in [5.74, 6) is 0.958. The standard InChI is InChI=1S/C15H28O/c1-3-12-15(4-2)13-10-8-6-5-7-9-11-14-16/h9,11,14-15H,3-8,10,12-13H2,1-2H3/b11-9+. The predicted molar refractivity (Wildman–Crippen MR) is 71.6 cm³/mol. The lowest BCUT2D eigenvalue weighted by Crippen LogP contribution is -1.97. The van der Waals surface area contributed by atoms with Crippen molar-refractivity contribution in [2.75, 3.05) is 0 Å². The van der Waals surface area contributed by atoms with E-state index in [-0.39, 0.29) is 0 Å². The summed E-state index contributed by atoms with van der Waals surface area (Å²) in [6.45, 7) is 4.59. The molecule has 0 aromatic rings. The van der Waals surface area contributed by atoms with Crippen LogP contribution in [0.2, 0.25) is 0 Å². The molecule has 0 fully saturated rings. The van der Waals surface area contributed by atoms with Crippen LogP contribution in [0.1, 0.15) is 71.6 Å². The highest BCUT2D eigenvalue weighted by atomic mass is 16.1. The van der Waals surface area contributed by atoms with Crippen LogP contribution in [-0.2, 0) is 4.79 Å². The first kappa shape index (κ1) is 15.4. The lowest BCUT2D eigenvalue weighted by molar-refractivity contribution is -0.104. The Balaban J connectivity index is 3.24. The SMILES string of the molecule is CCCC(CC)CCCCCC/C=C/C=O. The van der Waals surface area contributed by atoms with Crippen molar-refractivity contribution in [3.8, 4) is 0 Å². The molecule has 0 saturated carbocycles. The maximum absolute atomic E-state index is 10.0. The smallest absolute Gasteiger partial charge is 0.142 e. The molecule has 0 aromatic carbocycles. The van der Waals surface area contributed by atoms with E-state index in [4.69, 9.17) is 0 Å². The molecule has 0 N–H and O–H groups in total. The highest BCUT2D eigenvalue weighted by Gasteiger charge is 2.03. The summed E-state index contributed by atoms with van der Waals surface area (Å²) in [7, 11) is 0. The molecule has 0 aliphatic heterocycles. The fourth-order valence-corrected chi connectivity index (χ4v) is 2.16. The molecule has 16 heavy (non-hydrogen) atoms. The fourth-order valence-electron chi connectivity index (χ4n) is 2.16. The van der Waals surface area contributed by atoms with E-state index in [0.29, 0.717) is 0 Å². The van der Waals surface area contributed by atoms with E-state index < -0.39 is 0 Å². The normalized spacial score (nSPS) is 13.1. The third-order valence-corrected chi connectivity index (χ3v) is 3.22. The van der Waals surface area contributed by atoms with Gasteiger partial charge in [-0.15, -0.1) is 0 Å². The number of rotatable bonds is 11. The molecule has 0 heterocycles. The summed E-state index contributed by atoms with van der Waals surface area (Å²) < 4.78 is 0.